The molecule has 1 aromatic carbocycles. The van der Waals surface area contributed by atoms with Gasteiger partial charge in [0.25, 0.3) is 11.5 Å². The van der Waals surface area contributed by atoms with Crippen LogP contribution in [0.2, 0.25) is 0 Å². The SMILES string of the molecule is Cc1nc(C(=O)N[C@@H](c2ccc(OF)c(F)c2)C2CC2)cc(=O)[nH]1. The predicted octanol–water partition coefficient (Wildman–Crippen LogP) is 2.36. The van der Waals surface area contributed by atoms with E-state index < -0.39 is 29.1 Å². The van der Waals surface area contributed by atoms with Gasteiger partial charge in [-0.15, -0.1) is 0 Å². The van der Waals surface area contributed by atoms with Crippen molar-refractivity contribution in [1.29, 1.82) is 0 Å². The number of amides is 1. The molecule has 1 amide bonds. The van der Waals surface area contributed by atoms with Crippen LogP contribution in [0.3, 0.4) is 0 Å². The van der Waals surface area contributed by atoms with Gasteiger partial charge in [-0.1, -0.05) is 6.07 Å². The van der Waals surface area contributed by atoms with Gasteiger partial charge >= 0.3 is 0 Å². The zero-order valence-electron chi connectivity index (χ0n) is 12.8. The quantitative estimate of drug-likeness (QED) is 0.878. The number of nitrogens with zero attached hydrogens (tertiary/aromatic N) is 1. The Labute approximate surface area is 135 Å². The molecule has 6 nitrogen and oxygen atoms in total. The first kappa shape index (κ1) is 16.1. The highest BCUT2D eigenvalue weighted by Crippen LogP contribution is 2.41. The normalized spacial score (nSPS) is 15.0. The first-order valence-corrected chi connectivity index (χ1v) is 7.45. The molecule has 3 rings (SSSR count). The lowest BCUT2D eigenvalue weighted by molar-refractivity contribution is -0.0107. The minimum atomic E-state index is -0.847. The van der Waals surface area contributed by atoms with Crippen molar-refractivity contribution in [2.45, 2.75) is 25.8 Å². The number of rotatable bonds is 5. The number of halogens is 2. The van der Waals surface area contributed by atoms with E-state index in [-0.39, 0.29) is 11.6 Å². The Kier molecular flexibility index (Phi) is 4.28. The van der Waals surface area contributed by atoms with Crippen molar-refractivity contribution >= 4 is 5.91 Å². The number of nitrogens with one attached hydrogen (secondary N) is 2. The average molecular weight is 335 g/mol. The number of hydrogen-bond acceptors (Lipinski definition) is 4. The fraction of sp³-hybridized carbons (Fsp3) is 0.312. The van der Waals surface area contributed by atoms with Crippen LogP contribution in [0.1, 0.15) is 40.8 Å². The maximum atomic E-state index is 13.7. The van der Waals surface area contributed by atoms with Gasteiger partial charge in [0.2, 0.25) is 5.75 Å². The first-order chi connectivity index (χ1) is 11.5. The van der Waals surface area contributed by atoms with Crippen LogP contribution in [0.15, 0.2) is 29.1 Å². The Hall–Kier alpha value is -2.77. The van der Waals surface area contributed by atoms with E-state index in [1.165, 1.54) is 12.1 Å². The number of carbonyl (C=O) groups is 1. The van der Waals surface area contributed by atoms with Crippen molar-refractivity contribution in [3.63, 3.8) is 0 Å². The molecular formula is C16H15F2N3O3. The first-order valence-electron chi connectivity index (χ1n) is 7.45. The van der Waals surface area contributed by atoms with Crippen LogP contribution in [0.25, 0.3) is 0 Å². The van der Waals surface area contributed by atoms with Crippen LogP contribution < -0.4 is 15.8 Å². The third kappa shape index (κ3) is 3.42. The molecule has 1 aliphatic carbocycles. The average Bonchev–Trinajstić information content (AvgIpc) is 3.36. The lowest BCUT2D eigenvalue weighted by Crippen LogP contribution is -2.31. The van der Waals surface area contributed by atoms with Crippen molar-refractivity contribution in [3.8, 4) is 5.75 Å². The van der Waals surface area contributed by atoms with Gasteiger partial charge in [0.15, 0.2) is 5.82 Å². The summed E-state index contributed by atoms with van der Waals surface area (Å²) in [5.41, 5.74) is 0.0721. The van der Waals surface area contributed by atoms with Gasteiger partial charge in [0, 0.05) is 10.6 Å². The topological polar surface area (TPSA) is 84.1 Å². The third-order valence-electron chi connectivity index (χ3n) is 3.87. The zero-order chi connectivity index (χ0) is 17.3. The second kappa shape index (κ2) is 6.38. The van der Waals surface area contributed by atoms with Crippen LogP contribution >= 0.6 is 0 Å². The van der Waals surface area contributed by atoms with Gasteiger partial charge < -0.3 is 10.3 Å². The number of benzene rings is 1. The van der Waals surface area contributed by atoms with Crippen LogP contribution in [-0.2, 0) is 0 Å². The smallest absolute Gasteiger partial charge is 0.270 e. The van der Waals surface area contributed by atoms with Crippen molar-refractivity contribution in [2.24, 2.45) is 5.92 Å². The minimum absolute atomic E-state index is 0.00826. The molecule has 8 heteroatoms. The molecular weight excluding hydrogens is 320 g/mol. The lowest BCUT2D eigenvalue weighted by Gasteiger charge is -2.19. The molecule has 126 valence electrons. The molecule has 24 heavy (non-hydrogen) atoms. The molecule has 1 saturated carbocycles. The summed E-state index contributed by atoms with van der Waals surface area (Å²) in [6, 6.07) is 4.46. The molecule has 1 heterocycles. The van der Waals surface area contributed by atoms with E-state index in [1.807, 2.05) is 0 Å². The number of aromatic nitrogens is 2. The van der Waals surface area contributed by atoms with Gasteiger partial charge in [0.05, 0.1) is 6.04 Å². The summed E-state index contributed by atoms with van der Waals surface area (Å²) in [4.78, 5) is 33.7. The molecule has 0 radical (unpaired) electrons. The molecule has 2 aromatic rings. The van der Waals surface area contributed by atoms with Crippen LogP contribution in [-0.4, -0.2) is 15.9 Å². The van der Waals surface area contributed by atoms with Gasteiger partial charge in [0.1, 0.15) is 11.5 Å². The second-order valence-corrected chi connectivity index (χ2v) is 5.77. The van der Waals surface area contributed by atoms with E-state index in [0.29, 0.717) is 11.4 Å². The number of hydrogen-bond donors (Lipinski definition) is 2. The van der Waals surface area contributed by atoms with E-state index in [1.54, 1.807) is 6.92 Å². The molecule has 2 N–H and O–H groups in total. The van der Waals surface area contributed by atoms with Crippen LogP contribution in [0, 0.1) is 18.7 Å². The highest BCUT2D eigenvalue weighted by atomic mass is 19.3. The summed E-state index contributed by atoms with van der Waals surface area (Å²) in [6.07, 6.45) is 1.77. The molecule has 0 aliphatic heterocycles. The maximum absolute atomic E-state index is 13.7. The van der Waals surface area contributed by atoms with Gasteiger partial charge in [-0.3, -0.25) is 14.5 Å². The number of aromatic amines is 1. The molecule has 0 unspecified atom stereocenters. The summed E-state index contributed by atoms with van der Waals surface area (Å²) < 4.78 is 25.9. The third-order valence-corrected chi connectivity index (χ3v) is 3.87. The van der Waals surface area contributed by atoms with E-state index in [9.17, 15) is 18.5 Å². The Bertz CT molecular complexity index is 834. The minimum Gasteiger partial charge on any atom is -0.344 e. The fourth-order valence-electron chi connectivity index (χ4n) is 2.59. The fourth-order valence-corrected chi connectivity index (χ4v) is 2.59. The lowest BCUT2D eigenvalue weighted by atomic mass is 10.0. The Morgan fingerprint density at radius 3 is 2.75 bits per heavy atom. The van der Waals surface area contributed by atoms with Crippen molar-refractivity contribution in [2.75, 3.05) is 0 Å². The molecule has 1 fully saturated rings. The predicted molar refractivity (Wildman–Crippen MR) is 80.7 cm³/mol. The van der Waals surface area contributed by atoms with Gasteiger partial charge in [-0.25, -0.2) is 9.37 Å². The molecule has 1 aliphatic rings. The monoisotopic (exact) mass is 335 g/mol. The van der Waals surface area contributed by atoms with Crippen LogP contribution in [0.5, 0.6) is 5.75 Å². The molecule has 0 spiro atoms. The highest BCUT2D eigenvalue weighted by molar-refractivity contribution is 5.92. The van der Waals surface area contributed by atoms with E-state index in [4.69, 9.17) is 0 Å². The Balaban J connectivity index is 1.85. The number of carbonyl (C=O) groups excluding carboxylic acids is 1. The standard InChI is InChI=1S/C16H15F2N3O3/c1-8-19-12(7-14(22)20-8)16(23)21-15(9-2-3-9)10-4-5-13(24-18)11(17)6-10/h4-7,9,15H,2-3H2,1H3,(H,21,23)(H,19,20,22)/t15-/m1/s1. The second-order valence-electron chi connectivity index (χ2n) is 5.77. The maximum Gasteiger partial charge on any atom is 0.270 e. The van der Waals surface area contributed by atoms with Crippen LogP contribution in [0.4, 0.5) is 8.92 Å². The molecule has 0 bridgehead atoms. The van der Waals surface area contributed by atoms with Gasteiger partial charge in [-0.2, -0.15) is 0 Å². The molecule has 0 saturated heterocycles. The summed E-state index contributed by atoms with van der Waals surface area (Å²) in [5.74, 6) is -1.39. The number of H-pyrrole nitrogens is 1. The summed E-state index contributed by atoms with van der Waals surface area (Å²) >= 11 is 0. The summed E-state index contributed by atoms with van der Waals surface area (Å²) in [7, 11) is 0. The van der Waals surface area contributed by atoms with E-state index in [0.717, 1.165) is 25.0 Å². The summed E-state index contributed by atoms with van der Waals surface area (Å²) in [6.45, 7) is 1.57. The largest absolute Gasteiger partial charge is 0.344 e. The molecule has 1 atom stereocenters. The zero-order valence-corrected chi connectivity index (χ0v) is 12.8. The summed E-state index contributed by atoms with van der Waals surface area (Å²) in [5, 5.41) is 2.78. The van der Waals surface area contributed by atoms with Crippen molar-refractivity contribution < 1.29 is 18.7 Å². The van der Waals surface area contributed by atoms with E-state index in [2.05, 4.69) is 20.2 Å². The van der Waals surface area contributed by atoms with Crippen molar-refractivity contribution in [3.05, 3.63) is 57.5 Å². The Morgan fingerprint density at radius 2 is 2.17 bits per heavy atom. The Morgan fingerprint density at radius 1 is 1.42 bits per heavy atom. The number of aryl methyl sites for hydroxylation is 1. The van der Waals surface area contributed by atoms with Gasteiger partial charge in [-0.05, 0) is 43.4 Å². The molecule has 1 aromatic heterocycles. The van der Waals surface area contributed by atoms with Crippen molar-refractivity contribution in [1.82, 2.24) is 15.3 Å². The van der Waals surface area contributed by atoms with E-state index >= 15 is 0 Å². The highest BCUT2D eigenvalue weighted by Gasteiger charge is 2.34.